The largest absolute Gasteiger partial charge is 0.508 e. The Morgan fingerprint density at radius 2 is 1.20 bits per heavy atom. The summed E-state index contributed by atoms with van der Waals surface area (Å²) in [5.74, 6) is 1.81. The van der Waals surface area contributed by atoms with Crippen LogP contribution >= 0.6 is 0 Å². The minimum Gasteiger partial charge on any atom is -0.508 e. The quantitative estimate of drug-likeness (QED) is 0.277. The van der Waals surface area contributed by atoms with Gasteiger partial charge >= 0.3 is 0 Å². The fourth-order valence-corrected chi connectivity index (χ4v) is 4.25. The van der Waals surface area contributed by atoms with Crippen molar-refractivity contribution in [3.63, 3.8) is 0 Å². The molecule has 0 saturated carbocycles. The molecule has 5 heteroatoms. The molecule has 5 nitrogen and oxygen atoms in total. The summed E-state index contributed by atoms with van der Waals surface area (Å²) < 4.78 is 6.18. The SMILES string of the molecule is Cc1cc(O)c(C)c(N(c2cccc(Oc3ccc(C)c(O)c3C)c2)c2cc(C)cc(O)c2C)c1. The van der Waals surface area contributed by atoms with Crippen molar-refractivity contribution in [3.8, 4) is 28.7 Å². The van der Waals surface area contributed by atoms with Gasteiger partial charge in [0.15, 0.2) is 0 Å². The number of benzene rings is 4. The number of nitrogens with zero attached hydrogens (tertiary/aromatic N) is 1. The average Bonchev–Trinajstić information content (AvgIpc) is 2.81. The maximum absolute atomic E-state index is 10.6. The Balaban J connectivity index is 1.90. The molecule has 4 aromatic carbocycles. The first-order valence-electron chi connectivity index (χ1n) is 11.5. The van der Waals surface area contributed by atoms with Gasteiger partial charge in [0.25, 0.3) is 0 Å². The Bertz CT molecular complexity index is 1370. The summed E-state index contributed by atoms with van der Waals surface area (Å²) >= 11 is 0. The zero-order chi connectivity index (χ0) is 25.4. The lowest BCUT2D eigenvalue weighted by atomic mass is 10.0. The van der Waals surface area contributed by atoms with Crippen molar-refractivity contribution < 1.29 is 20.1 Å². The van der Waals surface area contributed by atoms with Crippen LogP contribution in [-0.4, -0.2) is 15.3 Å². The van der Waals surface area contributed by atoms with Crippen molar-refractivity contribution in [3.05, 3.63) is 94.0 Å². The van der Waals surface area contributed by atoms with Gasteiger partial charge in [0.05, 0.1) is 11.4 Å². The number of aromatic hydroxyl groups is 3. The second kappa shape index (κ2) is 9.26. The highest BCUT2D eigenvalue weighted by Gasteiger charge is 2.21. The molecule has 0 aromatic heterocycles. The van der Waals surface area contributed by atoms with E-state index in [2.05, 4.69) is 0 Å². The molecule has 0 bridgehead atoms. The van der Waals surface area contributed by atoms with Crippen molar-refractivity contribution in [2.24, 2.45) is 0 Å². The maximum atomic E-state index is 10.6. The molecule has 180 valence electrons. The minimum atomic E-state index is 0.206. The fourth-order valence-electron chi connectivity index (χ4n) is 4.25. The molecule has 4 aromatic rings. The summed E-state index contributed by atoms with van der Waals surface area (Å²) in [6.45, 7) is 11.3. The third-order valence-corrected chi connectivity index (χ3v) is 6.36. The van der Waals surface area contributed by atoms with E-state index in [0.717, 1.165) is 44.9 Å². The van der Waals surface area contributed by atoms with E-state index in [1.54, 1.807) is 12.1 Å². The van der Waals surface area contributed by atoms with Gasteiger partial charge in [0.1, 0.15) is 28.7 Å². The second-order valence-corrected chi connectivity index (χ2v) is 9.15. The molecular formula is C30H31NO4. The van der Waals surface area contributed by atoms with Crippen LogP contribution in [-0.2, 0) is 0 Å². The Hall–Kier alpha value is -4.12. The van der Waals surface area contributed by atoms with Crippen LogP contribution in [0.15, 0.2) is 60.7 Å². The summed E-state index contributed by atoms with van der Waals surface area (Å²) in [5, 5.41) is 31.5. The van der Waals surface area contributed by atoms with E-state index in [1.807, 2.05) is 95.0 Å². The predicted octanol–water partition coefficient (Wildman–Crippen LogP) is 7.92. The average molecular weight is 470 g/mol. The number of phenols is 3. The molecule has 0 atom stereocenters. The number of hydrogen-bond acceptors (Lipinski definition) is 5. The van der Waals surface area contributed by atoms with Crippen molar-refractivity contribution in [1.29, 1.82) is 0 Å². The zero-order valence-corrected chi connectivity index (χ0v) is 21.0. The smallest absolute Gasteiger partial charge is 0.134 e. The lowest BCUT2D eigenvalue weighted by Gasteiger charge is -2.30. The zero-order valence-electron chi connectivity index (χ0n) is 21.0. The molecule has 0 fully saturated rings. The van der Waals surface area contributed by atoms with Crippen LogP contribution in [0.2, 0.25) is 0 Å². The number of rotatable bonds is 5. The van der Waals surface area contributed by atoms with E-state index < -0.39 is 0 Å². The number of aryl methyl sites for hydroxylation is 3. The van der Waals surface area contributed by atoms with Gasteiger partial charge in [-0.05, 0) is 101 Å². The Morgan fingerprint density at radius 3 is 1.77 bits per heavy atom. The summed E-state index contributed by atoms with van der Waals surface area (Å²) in [6.07, 6.45) is 0. The predicted molar refractivity (Wildman–Crippen MR) is 141 cm³/mol. The van der Waals surface area contributed by atoms with Crippen molar-refractivity contribution in [2.75, 3.05) is 4.90 Å². The van der Waals surface area contributed by atoms with E-state index >= 15 is 0 Å². The summed E-state index contributed by atoms with van der Waals surface area (Å²) in [5.41, 5.74) is 7.15. The van der Waals surface area contributed by atoms with Crippen LogP contribution in [0.1, 0.15) is 33.4 Å². The molecule has 0 unspecified atom stereocenters. The molecule has 4 rings (SSSR count). The highest BCUT2D eigenvalue weighted by molar-refractivity contribution is 5.83. The van der Waals surface area contributed by atoms with Gasteiger partial charge in [-0.1, -0.05) is 12.1 Å². The van der Waals surface area contributed by atoms with Gasteiger partial charge < -0.3 is 25.0 Å². The summed E-state index contributed by atoms with van der Waals surface area (Å²) in [4.78, 5) is 2.02. The first-order chi connectivity index (χ1) is 16.6. The van der Waals surface area contributed by atoms with E-state index in [0.29, 0.717) is 17.1 Å². The van der Waals surface area contributed by atoms with Gasteiger partial charge in [-0.3, -0.25) is 0 Å². The molecule has 0 radical (unpaired) electrons. The minimum absolute atomic E-state index is 0.206. The van der Waals surface area contributed by atoms with Crippen LogP contribution in [0.3, 0.4) is 0 Å². The molecule has 0 aliphatic heterocycles. The summed E-state index contributed by atoms with van der Waals surface area (Å²) in [7, 11) is 0. The summed E-state index contributed by atoms with van der Waals surface area (Å²) in [6, 6.07) is 18.8. The van der Waals surface area contributed by atoms with Crippen LogP contribution in [0.4, 0.5) is 17.1 Å². The standard InChI is InChI=1S/C30H31NO4/c1-17-12-25(20(4)27(32)14-17)31(26-13-18(2)15-28(33)21(26)5)23-8-7-9-24(16-23)35-29-11-10-19(3)30(34)22(29)6/h7-16,32-34H,1-6H3. The lowest BCUT2D eigenvalue weighted by Crippen LogP contribution is -2.13. The third kappa shape index (κ3) is 4.62. The van der Waals surface area contributed by atoms with E-state index in [9.17, 15) is 15.3 Å². The first-order valence-corrected chi connectivity index (χ1v) is 11.5. The molecular weight excluding hydrogens is 438 g/mol. The number of ether oxygens (including phenoxy) is 1. The molecule has 0 aliphatic rings. The maximum Gasteiger partial charge on any atom is 0.134 e. The highest BCUT2D eigenvalue weighted by atomic mass is 16.5. The van der Waals surface area contributed by atoms with Gasteiger partial charge in [0, 0.05) is 28.4 Å². The number of hydrogen-bond donors (Lipinski definition) is 3. The van der Waals surface area contributed by atoms with Gasteiger partial charge in [-0.2, -0.15) is 0 Å². The van der Waals surface area contributed by atoms with Crippen molar-refractivity contribution in [1.82, 2.24) is 0 Å². The number of anilines is 3. The topological polar surface area (TPSA) is 73.2 Å². The second-order valence-electron chi connectivity index (χ2n) is 9.15. The highest BCUT2D eigenvalue weighted by Crippen LogP contribution is 2.44. The molecule has 0 aliphatic carbocycles. The molecule has 0 amide bonds. The van der Waals surface area contributed by atoms with E-state index in [-0.39, 0.29) is 17.2 Å². The normalized spacial score (nSPS) is 10.9. The van der Waals surface area contributed by atoms with Crippen LogP contribution < -0.4 is 9.64 Å². The first kappa shape index (κ1) is 24.0. The third-order valence-electron chi connectivity index (χ3n) is 6.36. The Kier molecular flexibility index (Phi) is 6.35. The van der Waals surface area contributed by atoms with Crippen molar-refractivity contribution >= 4 is 17.1 Å². The Labute approximate surface area is 206 Å². The van der Waals surface area contributed by atoms with Crippen molar-refractivity contribution in [2.45, 2.75) is 41.5 Å². The van der Waals surface area contributed by atoms with Crippen LogP contribution in [0, 0.1) is 41.5 Å². The van der Waals surface area contributed by atoms with E-state index in [4.69, 9.17) is 4.74 Å². The molecule has 35 heavy (non-hydrogen) atoms. The Morgan fingerprint density at radius 1 is 0.629 bits per heavy atom. The number of phenolic OH excluding ortho intramolecular Hbond substituents is 3. The van der Waals surface area contributed by atoms with Gasteiger partial charge in [-0.25, -0.2) is 0 Å². The van der Waals surface area contributed by atoms with E-state index in [1.165, 1.54) is 0 Å². The molecule has 0 saturated heterocycles. The molecule has 0 spiro atoms. The molecule has 3 N–H and O–H groups in total. The van der Waals surface area contributed by atoms with Crippen LogP contribution in [0.25, 0.3) is 0 Å². The molecule has 0 heterocycles. The van der Waals surface area contributed by atoms with Gasteiger partial charge in [0.2, 0.25) is 0 Å². The lowest BCUT2D eigenvalue weighted by molar-refractivity contribution is 0.445. The van der Waals surface area contributed by atoms with Crippen LogP contribution in [0.5, 0.6) is 28.7 Å². The van der Waals surface area contributed by atoms with Gasteiger partial charge in [-0.15, -0.1) is 0 Å². The fraction of sp³-hybridized carbons (Fsp3) is 0.200. The monoisotopic (exact) mass is 469 g/mol.